The van der Waals surface area contributed by atoms with Crippen LogP contribution in [0.1, 0.15) is 18.1 Å². The molecule has 0 amide bonds. The second-order valence-corrected chi connectivity index (χ2v) is 9.68. The van der Waals surface area contributed by atoms with Crippen molar-refractivity contribution in [2.75, 3.05) is 0 Å². The predicted molar refractivity (Wildman–Crippen MR) is 87.8 cm³/mol. The summed E-state index contributed by atoms with van der Waals surface area (Å²) in [6.45, 7) is 5.96. The van der Waals surface area contributed by atoms with Gasteiger partial charge in [-0.15, -0.1) is 0 Å². The number of rotatable bonds is 0. The minimum Gasteiger partial charge on any atom is -0.358 e. The molecule has 0 saturated carbocycles. The van der Waals surface area contributed by atoms with E-state index in [1.54, 1.807) is 24.8 Å². The predicted octanol–water partition coefficient (Wildman–Crippen LogP) is 4.96. The molecule has 0 atom stereocenters. The van der Waals surface area contributed by atoms with Gasteiger partial charge in [-0.1, -0.05) is 0 Å². The summed E-state index contributed by atoms with van der Waals surface area (Å²) >= 11 is -1.36. The molecular formula is C15H21Cl2N2Ru-. The van der Waals surface area contributed by atoms with Crippen molar-refractivity contribution in [2.24, 2.45) is 0 Å². The van der Waals surface area contributed by atoms with Gasteiger partial charge in [-0.3, -0.25) is 9.97 Å². The maximum absolute atomic E-state index is 5.32. The smallest absolute Gasteiger partial charge is 0.0270 e. The number of hydrogen-bond acceptors (Lipinski definition) is 2. The first-order chi connectivity index (χ1) is 9.06. The van der Waals surface area contributed by atoms with Crippen LogP contribution in [-0.2, 0) is 13.5 Å². The third-order valence-corrected chi connectivity index (χ3v) is 4.43. The van der Waals surface area contributed by atoms with Gasteiger partial charge in [0, 0.05) is 24.8 Å². The quantitative estimate of drug-likeness (QED) is 0.461. The number of aromatic nitrogens is 2. The fraction of sp³-hybridized carbons (Fsp3) is 0.200. The number of aryl methyl sites for hydroxylation is 2. The SMILES string of the molecule is C[CH]=[Ru]([Cl])[Cl].Cc1ccncc1.Cc1ccncc1.[CH3-]. The van der Waals surface area contributed by atoms with Crippen molar-refractivity contribution in [3.63, 3.8) is 0 Å². The van der Waals surface area contributed by atoms with E-state index in [0.717, 1.165) is 0 Å². The summed E-state index contributed by atoms with van der Waals surface area (Å²) in [4.78, 5) is 7.69. The first kappa shape index (κ1) is 21.7. The molecule has 0 N–H and O–H groups in total. The average Bonchev–Trinajstić information content (AvgIpc) is 2.42. The zero-order valence-corrected chi connectivity index (χ0v) is 15.5. The maximum atomic E-state index is 5.32. The molecule has 0 aliphatic heterocycles. The van der Waals surface area contributed by atoms with E-state index in [-0.39, 0.29) is 7.43 Å². The van der Waals surface area contributed by atoms with Crippen LogP contribution in [0, 0.1) is 21.3 Å². The largest absolute Gasteiger partial charge is 0.358 e. The molecule has 2 aromatic heterocycles. The van der Waals surface area contributed by atoms with Gasteiger partial charge in [0.15, 0.2) is 0 Å². The van der Waals surface area contributed by atoms with Crippen molar-refractivity contribution in [1.82, 2.24) is 9.97 Å². The summed E-state index contributed by atoms with van der Waals surface area (Å²) in [5, 5.41) is 0. The van der Waals surface area contributed by atoms with Gasteiger partial charge in [0.2, 0.25) is 0 Å². The number of hydrogen-bond donors (Lipinski definition) is 0. The van der Waals surface area contributed by atoms with Crippen LogP contribution in [0.3, 0.4) is 0 Å². The summed E-state index contributed by atoms with van der Waals surface area (Å²) in [6.07, 6.45) is 7.15. The zero-order chi connectivity index (χ0) is 14.5. The summed E-state index contributed by atoms with van der Waals surface area (Å²) in [5.74, 6) is 0. The van der Waals surface area contributed by atoms with E-state index in [9.17, 15) is 0 Å². The van der Waals surface area contributed by atoms with Crippen molar-refractivity contribution in [2.45, 2.75) is 20.8 Å². The number of nitrogens with zero attached hydrogens (tertiary/aromatic N) is 2. The van der Waals surface area contributed by atoms with E-state index in [1.165, 1.54) is 11.1 Å². The number of halogens is 2. The van der Waals surface area contributed by atoms with Gasteiger partial charge in [-0.05, 0) is 49.2 Å². The summed E-state index contributed by atoms with van der Waals surface area (Å²) in [7, 11) is 10.6. The Balaban J connectivity index is 0. The molecule has 0 fully saturated rings. The normalized spacial score (nSPS) is 8.75. The summed E-state index contributed by atoms with van der Waals surface area (Å²) < 4.78 is 1.84. The second-order valence-electron chi connectivity index (χ2n) is 3.46. The molecule has 5 heteroatoms. The molecule has 0 aliphatic carbocycles. The molecule has 0 bridgehead atoms. The molecule has 2 nitrogen and oxygen atoms in total. The van der Waals surface area contributed by atoms with Crippen molar-refractivity contribution in [1.29, 1.82) is 0 Å². The fourth-order valence-electron chi connectivity index (χ4n) is 0.853. The Bertz CT molecular complexity index is 420. The standard InChI is InChI=1S/2C6H7N.C2H4.CH3.2ClH.Ru/c2*1-6-2-4-7-5-3-6;1-2;;;;/h2*2-5H,1H3;1H,2H3;1H3;2*1H;/q;;;-1;;;+2/p-2. The zero-order valence-electron chi connectivity index (χ0n) is 12.2. The van der Waals surface area contributed by atoms with Crippen LogP contribution in [-0.4, -0.2) is 14.6 Å². The molecule has 114 valence electrons. The van der Waals surface area contributed by atoms with Gasteiger partial charge in [0.25, 0.3) is 0 Å². The van der Waals surface area contributed by atoms with E-state index in [0.29, 0.717) is 0 Å². The van der Waals surface area contributed by atoms with E-state index >= 15 is 0 Å². The van der Waals surface area contributed by atoms with Crippen LogP contribution in [0.4, 0.5) is 0 Å². The molecule has 20 heavy (non-hydrogen) atoms. The van der Waals surface area contributed by atoms with Crippen LogP contribution in [0.15, 0.2) is 49.1 Å². The van der Waals surface area contributed by atoms with Gasteiger partial charge in [0.1, 0.15) is 0 Å². The maximum Gasteiger partial charge on any atom is 0.0270 e. The Morgan fingerprint density at radius 2 is 1.10 bits per heavy atom. The number of pyridine rings is 2. The molecular weight excluding hydrogens is 380 g/mol. The van der Waals surface area contributed by atoms with Crippen LogP contribution in [0.2, 0.25) is 0 Å². The molecule has 2 heterocycles. The Morgan fingerprint density at radius 1 is 0.850 bits per heavy atom. The minimum atomic E-state index is -1.36. The Hall–Kier alpha value is -0.627. The van der Waals surface area contributed by atoms with Gasteiger partial charge in [-0.25, -0.2) is 0 Å². The first-order valence-electron chi connectivity index (χ1n) is 5.57. The van der Waals surface area contributed by atoms with Gasteiger partial charge >= 0.3 is 44.4 Å². The Kier molecular flexibility index (Phi) is 16.0. The fourth-order valence-corrected chi connectivity index (χ4v) is 0.853. The van der Waals surface area contributed by atoms with E-state index < -0.39 is 13.5 Å². The van der Waals surface area contributed by atoms with Crippen molar-refractivity contribution in [3.8, 4) is 0 Å². The molecule has 0 spiro atoms. The van der Waals surface area contributed by atoms with Gasteiger partial charge in [0.05, 0.1) is 0 Å². The topological polar surface area (TPSA) is 25.8 Å². The molecule has 2 aromatic rings. The van der Waals surface area contributed by atoms with E-state index in [4.69, 9.17) is 19.4 Å². The van der Waals surface area contributed by atoms with E-state index in [2.05, 4.69) is 9.97 Å². The van der Waals surface area contributed by atoms with Crippen molar-refractivity contribution < 1.29 is 13.5 Å². The first-order valence-corrected chi connectivity index (χ1v) is 11.0. The third kappa shape index (κ3) is 15.4. The molecule has 0 aliphatic rings. The molecule has 2 rings (SSSR count). The van der Waals surface area contributed by atoms with Gasteiger partial charge < -0.3 is 7.43 Å². The van der Waals surface area contributed by atoms with Crippen LogP contribution < -0.4 is 0 Å². The molecule has 0 aromatic carbocycles. The third-order valence-electron chi connectivity index (χ3n) is 1.85. The molecule has 0 saturated heterocycles. The Morgan fingerprint density at radius 3 is 1.20 bits per heavy atom. The van der Waals surface area contributed by atoms with Crippen LogP contribution in [0.25, 0.3) is 0 Å². The van der Waals surface area contributed by atoms with Gasteiger partial charge in [-0.2, -0.15) is 0 Å². The Labute approximate surface area is 135 Å². The van der Waals surface area contributed by atoms with Crippen LogP contribution >= 0.6 is 19.4 Å². The van der Waals surface area contributed by atoms with Crippen molar-refractivity contribution >= 4 is 24.0 Å². The van der Waals surface area contributed by atoms with Crippen LogP contribution in [0.5, 0.6) is 0 Å². The van der Waals surface area contributed by atoms with Crippen molar-refractivity contribution in [3.05, 3.63) is 67.6 Å². The minimum absolute atomic E-state index is 0. The second kappa shape index (κ2) is 14.8. The van der Waals surface area contributed by atoms with E-state index in [1.807, 2.05) is 49.6 Å². The summed E-state index contributed by atoms with van der Waals surface area (Å²) in [5.41, 5.74) is 2.52. The average molecular weight is 401 g/mol. The summed E-state index contributed by atoms with van der Waals surface area (Å²) in [6, 6.07) is 7.89. The molecule has 0 radical (unpaired) electrons. The molecule has 0 unspecified atom stereocenters. The monoisotopic (exact) mass is 401 g/mol.